The lowest BCUT2D eigenvalue weighted by Gasteiger charge is -2.11. The molecule has 0 aliphatic heterocycles. The molecule has 0 bridgehead atoms. The van der Waals surface area contributed by atoms with Gasteiger partial charge in [0.05, 0.1) is 12.2 Å². The van der Waals surface area contributed by atoms with Gasteiger partial charge in [-0.1, -0.05) is 23.8 Å². The summed E-state index contributed by atoms with van der Waals surface area (Å²) in [5.74, 6) is -0.423. The van der Waals surface area contributed by atoms with Gasteiger partial charge in [-0.2, -0.15) is 0 Å². The highest BCUT2D eigenvalue weighted by atomic mass is 16.3. The molecule has 104 valence electrons. The van der Waals surface area contributed by atoms with Gasteiger partial charge in [-0.15, -0.1) is 0 Å². The second kappa shape index (κ2) is 5.75. The SMILES string of the molecule is Cc1ccc(O)c(C(=O)Nc2cc(CO)ccc2C)c1. The summed E-state index contributed by atoms with van der Waals surface area (Å²) in [6.45, 7) is 3.64. The molecule has 0 fully saturated rings. The Kier molecular flexibility index (Phi) is 4.05. The highest BCUT2D eigenvalue weighted by Crippen LogP contribution is 2.22. The monoisotopic (exact) mass is 271 g/mol. The van der Waals surface area contributed by atoms with Crippen molar-refractivity contribution < 1.29 is 15.0 Å². The molecule has 20 heavy (non-hydrogen) atoms. The molecule has 0 saturated carbocycles. The number of aliphatic hydroxyl groups is 1. The Morgan fingerprint density at radius 3 is 2.60 bits per heavy atom. The van der Waals surface area contributed by atoms with Crippen molar-refractivity contribution in [2.24, 2.45) is 0 Å². The van der Waals surface area contributed by atoms with Crippen LogP contribution in [-0.2, 0) is 6.61 Å². The van der Waals surface area contributed by atoms with E-state index in [9.17, 15) is 9.90 Å². The molecule has 0 saturated heterocycles. The van der Waals surface area contributed by atoms with E-state index in [0.717, 1.165) is 16.7 Å². The molecule has 0 spiro atoms. The summed E-state index contributed by atoms with van der Waals surface area (Å²) < 4.78 is 0. The molecule has 1 amide bonds. The van der Waals surface area contributed by atoms with E-state index in [2.05, 4.69) is 5.32 Å². The standard InChI is InChI=1S/C16H17NO3/c1-10-3-6-15(19)13(7-10)16(20)17-14-8-12(9-18)5-4-11(14)2/h3-8,18-19H,9H2,1-2H3,(H,17,20). The molecule has 3 N–H and O–H groups in total. The number of rotatable bonds is 3. The van der Waals surface area contributed by atoms with Crippen LogP contribution in [0.1, 0.15) is 27.0 Å². The fraction of sp³-hybridized carbons (Fsp3) is 0.188. The van der Waals surface area contributed by atoms with Crippen molar-refractivity contribution in [2.75, 3.05) is 5.32 Å². The van der Waals surface area contributed by atoms with Gasteiger partial charge in [-0.3, -0.25) is 4.79 Å². The molecule has 0 aliphatic rings. The van der Waals surface area contributed by atoms with Crippen molar-refractivity contribution in [2.45, 2.75) is 20.5 Å². The maximum atomic E-state index is 12.2. The number of aliphatic hydroxyl groups excluding tert-OH is 1. The van der Waals surface area contributed by atoms with Crippen LogP contribution < -0.4 is 5.32 Å². The highest BCUT2D eigenvalue weighted by molar-refractivity contribution is 6.06. The molecule has 0 aromatic heterocycles. The number of hydrogen-bond donors (Lipinski definition) is 3. The number of carbonyl (C=O) groups is 1. The number of aromatic hydroxyl groups is 1. The highest BCUT2D eigenvalue weighted by Gasteiger charge is 2.12. The van der Waals surface area contributed by atoms with Crippen LogP contribution in [0.4, 0.5) is 5.69 Å². The van der Waals surface area contributed by atoms with Gasteiger partial charge >= 0.3 is 0 Å². The Morgan fingerprint density at radius 1 is 1.15 bits per heavy atom. The van der Waals surface area contributed by atoms with E-state index in [-0.39, 0.29) is 23.8 Å². The molecule has 2 aromatic rings. The van der Waals surface area contributed by atoms with Crippen molar-refractivity contribution in [1.82, 2.24) is 0 Å². The lowest BCUT2D eigenvalue weighted by molar-refractivity contribution is 0.102. The smallest absolute Gasteiger partial charge is 0.259 e. The first-order valence-corrected chi connectivity index (χ1v) is 6.32. The average molecular weight is 271 g/mol. The van der Waals surface area contributed by atoms with Gasteiger partial charge in [0.2, 0.25) is 0 Å². The van der Waals surface area contributed by atoms with E-state index >= 15 is 0 Å². The van der Waals surface area contributed by atoms with Gasteiger partial charge in [0.15, 0.2) is 0 Å². The maximum absolute atomic E-state index is 12.2. The van der Waals surface area contributed by atoms with Crippen LogP contribution in [0.2, 0.25) is 0 Å². The van der Waals surface area contributed by atoms with Crippen LogP contribution in [0.25, 0.3) is 0 Å². The molecule has 2 aromatic carbocycles. The minimum atomic E-state index is -0.371. The Morgan fingerprint density at radius 2 is 1.90 bits per heavy atom. The van der Waals surface area contributed by atoms with Crippen molar-refractivity contribution in [3.63, 3.8) is 0 Å². The van der Waals surface area contributed by atoms with Gasteiger partial charge in [-0.25, -0.2) is 0 Å². The quantitative estimate of drug-likeness (QED) is 0.804. The zero-order valence-electron chi connectivity index (χ0n) is 11.5. The molecule has 0 heterocycles. The number of anilines is 1. The summed E-state index contributed by atoms with van der Waals surface area (Å²) in [6, 6.07) is 10.2. The van der Waals surface area contributed by atoms with Crippen LogP contribution >= 0.6 is 0 Å². The normalized spacial score (nSPS) is 10.3. The summed E-state index contributed by atoms with van der Waals surface area (Å²) >= 11 is 0. The zero-order chi connectivity index (χ0) is 14.7. The molecule has 4 nitrogen and oxygen atoms in total. The number of phenolic OH excluding ortho intramolecular Hbond substituents is 1. The van der Waals surface area contributed by atoms with E-state index in [4.69, 9.17) is 5.11 Å². The summed E-state index contributed by atoms with van der Waals surface area (Å²) in [4.78, 5) is 12.2. The summed E-state index contributed by atoms with van der Waals surface area (Å²) in [5.41, 5.74) is 3.37. The second-order valence-electron chi connectivity index (χ2n) is 4.78. The Balaban J connectivity index is 2.30. The van der Waals surface area contributed by atoms with Crippen LogP contribution in [-0.4, -0.2) is 16.1 Å². The van der Waals surface area contributed by atoms with Crippen molar-refractivity contribution in [3.05, 3.63) is 58.7 Å². The molecule has 0 atom stereocenters. The van der Waals surface area contributed by atoms with Crippen LogP contribution in [0.3, 0.4) is 0 Å². The van der Waals surface area contributed by atoms with Crippen LogP contribution in [0, 0.1) is 13.8 Å². The van der Waals surface area contributed by atoms with E-state index in [1.165, 1.54) is 6.07 Å². The van der Waals surface area contributed by atoms with E-state index in [1.807, 2.05) is 19.9 Å². The Labute approximate surface area is 117 Å². The van der Waals surface area contributed by atoms with Gasteiger partial charge < -0.3 is 15.5 Å². The van der Waals surface area contributed by atoms with E-state index in [1.54, 1.807) is 24.3 Å². The molecule has 0 radical (unpaired) electrons. The number of nitrogens with one attached hydrogen (secondary N) is 1. The number of hydrogen-bond acceptors (Lipinski definition) is 3. The average Bonchev–Trinajstić information content (AvgIpc) is 2.43. The molecule has 0 unspecified atom stereocenters. The van der Waals surface area contributed by atoms with E-state index < -0.39 is 0 Å². The lowest BCUT2D eigenvalue weighted by atomic mass is 10.1. The fourth-order valence-corrected chi connectivity index (χ4v) is 1.92. The van der Waals surface area contributed by atoms with Crippen molar-refractivity contribution in [3.8, 4) is 5.75 Å². The molecule has 0 aliphatic carbocycles. The zero-order valence-corrected chi connectivity index (χ0v) is 11.5. The van der Waals surface area contributed by atoms with Gasteiger partial charge in [-0.05, 0) is 43.2 Å². The fourth-order valence-electron chi connectivity index (χ4n) is 1.92. The van der Waals surface area contributed by atoms with Crippen LogP contribution in [0.5, 0.6) is 5.75 Å². The number of amides is 1. The van der Waals surface area contributed by atoms with Crippen molar-refractivity contribution in [1.29, 1.82) is 0 Å². The second-order valence-corrected chi connectivity index (χ2v) is 4.78. The van der Waals surface area contributed by atoms with E-state index in [0.29, 0.717) is 5.69 Å². The first-order valence-electron chi connectivity index (χ1n) is 6.32. The molecule has 2 rings (SSSR count). The first-order chi connectivity index (χ1) is 9.51. The Bertz CT molecular complexity index is 650. The predicted molar refractivity (Wildman–Crippen MR) is 77.9 cm³/mol. The lowest BCUT2D eigenvalue weighted by Crippen LogP contribution is -2.13. The van der Waals surface area contributed by atoms with Crippen LogP contribution in [0.15, 0.2) is 36.4 Å². The third-order valence-electron chi connectivity index (χ3n) is 3.13. The predicted octanol–water partition coefficient (Wildman–Crippen LogP) is 2.75. The first kappa shape index (κ1) is 14.1. The summed E-state index contributed by atoms with van der Waals surface area (Å²) in [7, 11) is 0. The molecule has 4 heteroatoms. The van der Waals surface area contributed by atoms with Gasteiger partial charge in [0.1, 0.15) is 5.75 Å². The number of benzene rings is 2. The van der Waals surface area contributed by atoms with Crippen molar-refractivity contribution >= 4 is 11.6 Å². The number of aryl methyl sites for hydroxylation is 2. The largest absolute Gasteiger partial charge is 0.507 e. The number of phenols is 1. The summed E-state index contributed by atoms with van der Waals surface area (Å²) in [6.07, 6.45) is 0. The third kappa shape index (κ3) is 2.97. The maximum Gasteiger partial charge on any atom is 0.259 e. The minimum absolute atomic E-state index is 0.0518. The third-order valence-corrected chi connectivity index (χ3v) is 3.13. The topological polar surface area (TPSA) is 69.6 Å². The summed E-state index contributed by atoms with van der Waals surface area (Å²) in [5, 5.41) is 21.6. The number of carbonyl (C=O) groups excluding carboxylic acids is 1. The molecular formula is C16H17NO3. The molecular weight excluding hydrogens is 254 g/mol. The van der Waals surface area contributed by atoms with Gasteiger partial charge in [0.25, 0.3) is 5.91 Å². The van der Waals surface area contributed by atoms with Gasteiger partial charge in [0, 0.05) is 5.69 Å². The minimum Gasteiger partial charge on any atom is -0.507 e. The Hall–Kier alpha value is -2.33.